The van der Waals surface area contributed by atoms with E-state index < -0.39 is 0 Å². The molecule has 13 heavy (non-hydrogen) atoms. The van der Waals surface area contributed by atoms with Gasteiger partial charge < -0.3 is 10.1 Å². The molecular formula is C10H10N2O. The zero-order chi connectivity index (χ0) is 9.10. The molecule has 2 rings (SSSR count). The van der Waals surface area contributed by atoms with Gasteiger partial charge in [-0.1, -0.05) is 18.2 Å². The van der Waals surface area contributed by atoms with Crippen LogP contribution in [0, 0.1) is 0 Å². The summed E-state index contributed by atoms with van der Waals surface area (Å²) in [5.74, 6) is 0. The molecule has 1 aromatic heterocycles. The van der Waals surface area contributed by atoms with Crippen LogP contribution in [-0.2, 0) is 6.61 Å². The Morgan fingerprint density at radius 2 is 2.31 bits per heavy atom. The van der Waals surface area contributed by atoms with Crippen LogP contribution in [0.3, 0.4) is 0 Å². The highest BCUT2D eigenvalue weighted by Gasteiger charge is 1.98. The molecule has 0 spiro atoms. The molecule has 0 aliphatic rings. The fourth-order valence-corrected chi connectivity index (χ4v) is 1.25. The second kappa shape index (κ2) is 3.41. The highest BCUT2D eigenvalue weighted by atomic mass is 16.3. The third kappa shape index (κ3) is 1.60. The Kier molecular flexibility index (Phi) is 2.10. The summed E-state index contributed by atoms with van der Waals surface area (Å²) in [5.41, 5.74) is 2.92. The van der Waals surface area contributed by atoms with Gasteiger partial charge in [-0.2, -0.15) is 0 Å². The number of aromatic amines is 1. The zero-order valence-corrected chi connectivity index (χ0v) is 7.07. The second-order valence-corrected chi connectivity index (χ2v) is 2.82. The first-order valence-corrected chi connectivity index (χ1v) is 4.08. The van der Waals surface area contributed by atoms with Gasteiger partial charge in [0.2, 0.25) is 0 Å². The molecule has 3 nitrogen and oxygen atoms in total. The van der Waals surface area contributed by atoms with Crippen molar-refractivity contribution < 1.29 is 5.11 Å². The average molecular weight is 174 g/mol. The van der Waals surface area contributed by atoms with Crippen molar-refractivity contribution in [2.24, 2.45) is 0 Å². The monoisotopic (exact) mass is 174 g/mol. The SMILES string of the molecule is OCc1cccc(-c2cnc[nH]2)c1. The number of nitrogens with one attached hydrogen (secondary N) is 1. The fourth-order valence-electron chi connectivity index (χ4n) is 1.25. The molecule has 0 aliphatic heterocycles. The summed E-state index contributed by atoms with van der Waals surface area (Å²) in [6.45, 7) is 0.0714. The van der Waals surface area contributed by atoms with Gasteiger partial charge in [-0.05, 0) is 17.2 Å². The summed E-state index contributed by atoms with van der Waals surface area (Å²) in [4.78, 5) is 6.95. The van der Waals surface area contributed by atoms with Crippen molar-refractivity contribution in [3.05, 3.63) is 42.4 Å². The van der Waals surface area contributed by atoms with Crippen molar-refractivity contribution in [2.45, 2.75) is 6.61 Å². The largest absolute Gasteiger partial charge is 0.392 e. The van der Waals surface area contributed by atoms with E-state index in [1.165, 1.54) is 0 Å². The fraction of sp³-hybridized carbons (Fsp3) is 0.100. The summed E-state index contributed by atoms with van der Waals surface area (Å²) in [7, 11) is 0. The van der Waals surface area contributed by atoms with Crippen molar-refractivity contribution in [1.82, 2.24) is 9.97 Å². The lowest BCUT2D eigenvalue weighted by molar-refractivity contribution is 0.282. The van der Waals surface area contributed by atoms with Crippen LogP contribution < -0.4 is 0 Å². The molecule has 0 fully saturated rings. The molecule has 0 bridgehead atoms. The zero-order valence-electron chi connectivity index (χ0n) is 7.07. The van der Waals surface area contributed by atoms with E-state index in [1.807, 2.05) is 24.3 Å². The molecule has 3 heteroatoms. The summed E-state index contributed by atoms with van der Waals surface area (Å²) in [5, 5.41) is 8.93. The van der Waals surface area contributed by atoms with Gasteiger partial charge in [0.1, 0.15) is 0 Å². The van der Waals surface area contributed by atoms with E-state index in [-0.39, 0.29) is 6.61 Å². The van der Waals surface area contributed by atoms with Crippen LogP contribution in [0.1, 0.15) is 5.56 Å². The smallest absolute Gasteiger partial charge is 0.0924 e. The van der Waals surface area contributed by atoms with Gasteiger partial charge in [-0.15, -0.1) is 0 Å². The van der Waals surface area contributed by atoms with Crippen LogP contribution in [0.2, 0.25) is 0 Å². The maximum Gasteiger partial charge on any atom is 0.0924 e. The van der Waals surface area contributed by atoms with Gasteiger partial charge in [0, 0.05) is 0 Å². The van der Waals surface area contributed by atoms with Crippen molar-refractivity contribution in [3.63, 3.8) is 0 Å². The minimum Gasteiger partial charge on any atom is -0.392 e. The summed E-state index contributed by atoms with van der Waals surface area (Å²) in [6.07, 6.45) is 3.40. The molecule has 66 valence electrons. The topological polar surface area (TPSA) is 48.9 Å². The summed E-state index contributed by atoms with van der Waals surface area (Å²) >= 11 is 0. The molecule has 2 N–H and O–H groups in total. The van der Waals surface area contributed by atoms with Gasteiger partial charge in [-0.3, -0.25) is 0 Å². The Bertz CT molecular complexity index is 382. The van der Waals surface area contributed by atoms with Gasteiger partial charge in [0.05, 0.1) is 24.8 Å². The first-order chi connectivity index (χ1) is 6.40. The normalized spacial score (nSPS) is 10.2. The molecule has 1 aromatic carbocycles. The lowest BCUT2D eigenvalue weighted by Crippen LogP contribution is -1.83. The van der Waals surface area contributed by atoms with E-state index in [0.717, 1.165) is 16.8 Å². The van der Waals surface area contributed by atoms with Gasteiger partial charge >= 0.3 is 0 Å². The number of imidazole rings is 1. The van der Waals surface area contributed by atoms with Crippen LogP contribution >= 0.6 is 0 Å². The predicted octanol–water partition coefficient (Wildman–Crippen LogP) is 1.57. The number of aromatic nitrogens is 2. The number of hydrogen-bond acceptors (Lipinski definition) is 2. The quantitative estimate of drug-likeness (QED) is 0.726. The minimum absolute atomic E-state index is 0.0714. The van der Waals surface area contributed by atoms with Crippen molar-refractivity contribution >= 4 is 0 Å². The van der Waals surface area contributed by atoms with E-state index >= 15 is 0 Å². The van der Waals surface area contributed by atoms with E-state index in [4.69, 9.17) is 5.11 Å². The first-order valence-electron chi connectivity index (χ1n) is 4.08. The summed E-state index contributed by atoms with van der Waals surface area (Å²) in [6, 6.07) is 7.72. The Balaban J connectivity index is 2.41. The highest BCUT2D eigenvalue weighted by molar-refractivity contribution is 5.58. The predicted molar refractivity (Wildman–Crippen MR) is 49.9 cm³/mol. The molecule has 0 saturated carbocycles. The van der Waals surface area contributed by atoms with Crippen LogP contribution in [0.5, 0.6) is 0 Å². The van der Waals surface area contributed by atoms with Crippen molar-refractivity contribution in [3.8, 4) is 11.3 Å². The number of H-pyrrole nitrogens is 1. The Hall–Kier alpha value is -1.61. The lowest BCUT2D eigenvalue weighted by Gasteiger charge is -1.99. The summed E-state index contributed by atoms with van der Waals surface area (Å²) < 4.78 is 0. The minimum atomic E-state index is 0.0714. The number of hydrogen-bond donors (Lipinski definition) is 2. The number of aliphatic hydroxyl groups excluding tert-OH is 1. The number of benzene rings is 1. The Morgan fingerprint density at radius 3 is 3.00 bits per heavy atom. The Morgan fingerprint density at radius 1 is 1.38 bits per heavy atom. The maximum absolute atomic E-state index is 8.93. The lowest BCUT2D eigenvalue weighted by atomic mass is 10.1. The van der Waals surface area contributed by atoms with Gasteiger partial charge in [0.15, 0.2) is 0 Å². The highest BCUT2D eigenvalue weighted by Crippen LogP contribution is 2.16. The standard InChI is InChI=1S/C10H10N2O/c13-6-8-2-1-3-9(4-8)10-5-11-7-12-10/h1-5,7,13H,6H2,(H,11,12). The molecule has 0 unspecified atom stereocenters. The molecular weight excluding hydrogens is 164 g/mol. The van der Waals surface area contributed by atoms with E-state index in [1.54, 1.807) is 12.5 Å². The third-order valence-corrected chi connectivity index (χ3v) is 1.92. The van der Waals surface area contributed by atoms with Crippen LogP contribution in [0.25, 0.3) is 11.3 Å². The molecule has 0 radical (unpaired) electrons. The van der Waals surface area contributed by atoms with E-state index in [2.05, 4.69) is 9.97 Å². The number of rotatable bonds is 2. The maximum atomic E-state index is 8.93. The molecule has 0 amide bonds. The Labute approximate surface area is 76.1 Å². The average Bonchev–Trinajstić information content (AvgIpc) is 2.71. The van der Waals surface area contributed by atoms with Crippen LogP contribution in [0.4, 0.5) is 0 Å². The second-order valence-electron chi connectivity index (χ2n) is 2.82. The number of aliphatic hydroxyl groups is 1. The van der Waals surface area contributed by atoms with E-state index in [0.29, 0.717) is 0 Å². The first kappa shape index (κ1) is 8.01. The molecule has 0 aliphatic carbocycles. The van der Waals surface area contributed by atoms with Crippen molar-refractivity contribution in [1.29, 1.82) is 0 Å². The molecule has 0 atom stereocenters. The third-order valence-electron chi connectivity index (χ3n) is 1.92. The van der Waals surface area contributed by atoms with Gasteiger partial charge in [-0.25, -0.2) is 4.98 Å². The van der Waals surface area contributed by atoms with Crippen molar-refractivity contribution in [2.75, 3.05) is 0 Å². The molecule has 0 saturated heterocycles. The van der Waals surface area contributed by atoms with E-state index in [9.17, 15) is 0 Å². The molecule has 2 aromatic rings. The number of nitrogens with zero attached hydrogens (tertiary/aromatic N) is 1. The molecule has 1 heterocycles. The van der Waals surface area contributed by atoms with Crippen LogP contribution in [-0.4, -0.2) is 15.1 Å². The van der Waals surface area contributed by atoms with Crippen LogP contribution in [0.15, 0.2) is 36.8 Å². The van der Waals surface area contributed by atoms with Gasteiger partial charge in [0.25, 0.3) is 0 Å².